The molecule has 0 saturated heterocycles. The molecular formula is C20H21N3O3S. The van der Waals surface area contributed by atoms with Crippen LogP contribution in [0.5, 0.6) is 5.75 Å². The third kappa shape index (κ3) is 5.59. The van der Waals surface area contributed by atoms with Gasteiger partial charge in [-0.3, -0.25) is 4.79 Å². The van der Waals surface area contributed by atoms with E-state index >= 15 is 0 Å². The molecule has 1 heterocycles. The topological polar surface area (TPSA) is 77.2 Å². The van der Waals surface area contributed by atoms with Gasteiger partial charge in [0, 0.05) is 5.69 Å². The molecule has 0 aliphatic rings. The maximum atomic E-state index is 12.3. The monoisotopic (exact) mass is 383 g/mol. The van der Waals surface area contributed by atoms with E-state index in [1.54, 1.807) is 6.92 Å². The van der Waals surface area contributed by atoms with Crippen LogP contribution in [0.25, 0.3) is 0 Å². The average molecular weight is 383 g/mol. The number of carbonyl (C=O) groups excluding carboxylic acids is 1. The Balaban J connectivity index is 1.51. The number of hydrogen-bond acceptors (Lipinski definition) is 6. The minimum atomic E-state index is -0.378. The third-order valence-corrected chi connectivity index (χ3v) is 4.70. The van der Waals surface area contributed by atoms with Crippen molar-refractivity contribution in [2.45, 2.75) is 37.9 Å². The van der Waals surface area contributed by atoms with E-state index in [0.717, 1.165) is 22.6 Å². The van der Waals surface area contributed by atoms with Gasteiger partial charge in [0.25, 0.3) is 11.1 Å². The molecule has 2 aromatic carbocycles. The molecule has 6 nitrogen and oxygen atoms in total. The Kier molecular flexibility index (Phi) is 6.13. The summed E-state index contributed by atoms with van der Waals surface area (Å²) in [6, 6.07) is 15.4. The van der Waals surface area contributed by atoms with Crippen molar-refractivity contribution in [1.29, 1.82) is 0 Å². The SMILES string of the molecule is Cc1ccc(NC(=O)[C@@H](C)Sc2nnc(COc3cccc(C)c3)o2)cc1. The van der Waals surface area contributed by atoms with Gasteiger partial charge >= 0.3 is 0 Å². The van der Waals surface area contributed by atoms with Gasteiger partial charge in [0.2, 0.25) is 5.91 Å². The highest BCUT2D eigenvalue weighted by Gasteiger charge is 2.18. The summed E-state index contributed by atoms with van der Waals surface area (Å²) in [4.78, 5) is 12.3. The quantitative estimate of drug-likeness (QED) is 0.610. The molecule has 0 aliphatic heterocycles. The number of anilines is 1. The van der Waals surface area contributed by atoms with Crippen LogP contribution >= 0.6 is 11.8 Å². The number of carbonyl (C=O) groups is 1. The van der Waals surface area contributed by atoms with Gasteiger partial charge in [-0.1, -0.05) is 41.6 Å². The molecule has 3 aromatic rings. The maximum Gasteiger partial charge on any atom is 0.277 e. The van der Waals surface area contributed by atoms with Crippen LogP contribution < -0.4 is 10.1 Å². The van der Waals surface area contributed by atoms with Crippen molar-refractivity contribution < 1.29 is 13.9 Å². The molecular weight excluding hydrogens is 362 g/mol. The molecule has 0 saturated carbocycles. The van der Waals surface area contributed by atoms with Crippen LogP contribution in [0, 0.1) is 13.8 Å². The second kappa shape index (κ2) is 8.73. The second-order valence-corrected chi connectivity index (χ2v) is 7.47. The second-order valence-electron chi connectivity index (χ2n) is 6.18. The molecule has 0 aliphatic carbocycles. The fourth-order valence-electron chi connectivity index (χ4n) is 2.28. The third-order valence-electron chi connectivity index (χ3n) is 3.77. The first-order chi connectivity index (χ1) is 13.0. The Hall–Kier alpha value is -2.80. The zero-order valence-corrected chi connectivity index (χ0v) is 16.2. The van der Waals surface area contributed by atoms with Crippen LogP contribution in [0.15, 0.2) is 58.2 Å². The van der Waals surface area contributed by atoms with E-state index in [1.807, 2.05) is 62.4 Å². The van der Waals surface area contributed by atoms with Gasteiger partial charge in [-0.2, -0.15) is 0 Å². The Labute approximate surface area is 162 Å². The molecule has 0 unspecified atom stereocenters. The first kappa shape index (κ1) is 19.0. The highest BCUT2D eigenvalue weighted by Crippen LogP contribution is 2.23. The number of aryl methyl sites for hydroxylation is 2. The van der Waals surface area contributed by atoms with Gasteiger partial charge in [-0.15, -0.1) is 10.2 Å². The number of nitrogens with one attached hydrogen (secondary N) is 1. The van der Waals surface area contributed by atoms with Crippen LogP contribution in [0.4, 0.5) is 5.69 Å². The molecule has 3 rings (SSSR count). The van der Waals surface area contributed by atoms with Crippen molar-refractivity contribution in [1.82, 2.24) is 10.2 Å². The van der Waals surface area contributed by atoms with Crippen molar-refractivity contribution in [2.75, 3.05) is 5.32 Å². The fraction of sp³-hybridized carbons (Fsp3) is 0.250. The summed E-state index contributed by atoms with van der Waals surface area (Å²) in [6.45, 7) is 5.97. The lowest BCUT2D eigenvalue weighted by atomic mass is 10.2. The Morgan fingerprint density at radius 2 is 1.93 bits per heavy atom. The smallest absolute Gasteiger partial charge is 0.277 e. The summed E-state index contributed by atoms with van der Waals surface area (Å²) in [5.74, 6) is 0.984. The summed E-state index contributed by atoms with van der Waals surface area (Å²) in [7, 11) is 0. The van der Waals surface area contributed by atoms with Crippen molar-refractivity contribution in [3.63, 3.8) is 0 Å². The van der Waals surface area contributed by atoms with Crippen LogP contribution in [0.2, 0.25) is 0 Å². The van der Waals surface area contributed by atoms with Crippen molar-refractivity contribution in [3.8, 4) is 5.75 Å². The molecule has 1 amide bonds. The maximum absolute atomic E-state index is 12.3. The molecule has 27 heavy (non-hydrogen) atoms. The summed E-state index contributed by atoms with van der Waals surface area (Å²) in [5, 5.41) is 10.8. The van der Waals surface area contributed by atoms with E-state index < -0.39 is 0 Å². The summed E-state index contributed by atoms with van der Waals surface area (Å²) >= 11 is 1.21. The number of ether oxygens (including phenoxy) is 1. The lowest BCUT2D eigenvalue weighted by Crippen LogP contribution is -2.22. The predicted molar refractivity (Wildman–Crippen MR) is 105 cm³/mol. The molecule has 0 spiro atoms. The largest absolute Gasteiger partial charge is 0.484 e. The number of thioether (sulfide) groups is 1. The van der Waals surface area contributed by atoms with E-state index in [9.17, 15) is 4.79 Å². The standard InChI is InChI=1S/C20H21N3O3S/c1-13-7-9-16(10-8-13)21-19(24)15(3)27-20-23-22-18(26-20)12-25-17-6-4-5-14(2)11-17/h4-11,15H,12H2,1-3H3,(H,21,24)/t15-/m1/s1. The Morgan fingerprint density at radius 3 is 2.67 bits per heavy atom. The van der Waals surface area contributed by atoms with E-state index in [1.165, 1.54) is 11.8 Å². The molecule has 0 fully saturated rings. The molecule has 140 valence electrons. The molecule has 0 radical (unpaired) electrons. The Morgan fingerprint density at radius 1 is 1.15 bits per heavy atom. The van der Waals surface area contributed by atoms with Crippen molar-refractivity contribution in [3.05, 3.63) is 65.5 Å². The van der Waals surface area contributed by atoms with Crippen molar-refractivity contribution >= 4 is 23.4 Å². The predicted octanol–water partition coefficient (Wildman–Crippen LogP) is 4.38. The highest BCUT2D eigenvalue weighted by atomic mass is 32.2. The fourth-order valence-corrected chi connectivity index (χ4v) is 2.98. The van der Waals surface area contributed by atoms with Gasteiger partial charge in [0.15, 0.2) is 6.61 Å². The lowest BCUT2D eigenvalue weighted by molar-refractivity contribution is -0.115. The first-order valence-electron chi connectivity index (χ1n) is 8.55. The normalized spacial score (nSPS) is 11.8. The Bertz CT molecular complexity index is 909. The van der Waals surface area contributed by atoms with E-state index in [0.29, 0.717) is 11.1 Å². The van der Waals surface area contributed by atoms with Crippen LogP contribution in [-0.4, -0.2) is 21.4 Å². The van der Waals surface area contributed by atoms with Crippen LogP contribution in [0.1, 0.15) is 23.9 Å². The molecule has 0 bridgehead atoms. The number of nitrogens with zero attached hydrogens (tertiary/aromatic N) is 2. The van der Waals surface area contributed by atoms with Gasteiger partial charge in [-0.05, 0) is 50.6 Å². The van der Waals surface area contributed by atoms with E-state index in [2.05, 4.69) is 15.5 Å². The lowest BCUT2D eigenvalue weighted by Gasteiger charge is -2.10. The number of hydrogen-bond donors (Lipinski definition) is 1. The van der Waals surface area contributed by atoms with Crippen LogP contribution in [0.3, 0.4) is 0 Å². The van der Waals surface area contributed by atoms with Gasteiger partial charge in [0.05, 0.1) is 5.25 Å². The van der Waals surface area contributed by atoms with Crippen LogP contribution in [-0.2, 0) is 11.4 Å². The van der Waals surface area contributed by atoms with Gasteiger partial charge in [0.1, 0.15) is 5.75 Å². The molecule has 1 atom stereocenters. The van der Waals surface area contributed by atoms with E-state index in [-0.39, 0.29) is 17.8 Å². The summed E-state index contributed by atoms with van der Waals surface area (Å²) in [6.07, 6.45) is 0. The van der Waals surface area contributed by atoms with Gasteiger partial charge < -0.3 is 14.5 Å². The summed E-state index contributed by atoms with van der Waals surface area (Å²) < 4.78 is 11.2. The molecule has 1 N–H and O–H groups in total. The zero-order valence-electron chi connectivity index (χ0n) is 15.4. The average Bonchev–Trinajstić information content (AvgIpc) is 3.09. The molecule has 7 heteroatoms. The number of amides is 1. The first-order valence-corrected chi connectivity index (χ1v) is 9.43. The summed E-state index contributed by atoms with van der Waals surface area (Å²) in [5.41, 5.74) is 3.01. The minimum absolute atomic E-state index is 0.125. The number of benzene rings is 2. The highest BCUT2D eigenvalue weighted by molar-refractivity contribution is 8.00. The van der Waals surface area contributed by atoms with Crippen molar-refractivity contribution in [2.24, 2.45) is 0 Å². The number of aromatic nitrogens is 2. The zero-order chi connectivity index (χ0) is 19.2. The van der Waals surface area contributed by atoms with Gasteiger partial charge in [-0.25, -0.2) is 0 Å². The number of rotatable bonds is 7. The van der Waals surface area contributed by atoms with E-state index in [4.69, 9.17) is 9.15 Å². The molecule has 1 aromatic heterocycles. The minimum Gasteiger partial charge on any atom is -0.484 e.